The molecule has 1 aromatic heterocycles. The second kappa shape index (κ2) is 9.05. The second-order valence-electron chi connectivity index (χ2n) is 6.91. The predicted octanol–water partition coefficient (Wildman–Crippen LogP) is 4.37. The maximum atomic E-state index is 12.9. The van der Waals surface area contributed by atoms with Gasteiger partial charge in [0, 0.05) is 0 Å². The lowest BCUT2D eigenvalue weighted by molar-refractivity contribution is -0.140. The average molecular weight is 499 g/mol. The summed E-state index contributed by atoms with van der Waals surface area (Å²) in [6.45, 7) is 4.58. The van der Waals surface area contributed by atoms with E-state index in [4.69, 9.17) is 11.6 Å². The number of hydrogen-bond acceptors (Lipinski definition) is 5. The Balaban J connectivity index is 2.35. The fraction of sp³-hybridized carbons (Fsp3) is 0.333. The van der Waals surface area contributed by atoms with E-state index in [2.05, 4.69) is 5.32 Å². The molecule has 2 rings (SSSR count). The smallest absolute Gasteiger partial charge is 0.416 e. The summed E-state index contributed by atoms with van der Waals surface area (Å²) in [5.41, 5.74) is -1.41. The Bertz CT molecular complexity index is 1110. The van der Waals surface area contributed by atoms with E-state index in [0.717, 1.165) is 6.07 Å². The van der Waals surface area contributed by atoms with Crippen LogP contribution < -0.4 is 10.0 Å². The minimum atomic E-state index is -4.70. The summed E-state index contributed by atoms with van der Waals surface area (Å²) >= 11 is 6.40. The molecule has 0 saturated heterocycles. The van der Waals surface area contributed by atoms with E-state index in [1.807, 2.05) is 4.72 Å². The quantitative estimate of drug-likeness (QED) is 0.524. The first-order valence-corrected chi connectivity index (χ1v) is 11.3. The third-order valence-electron chi connectivity index (χ3n) is 4.10. The van der Waals surface area contributed by atoms with Gasteiger partial charge in [0.1, 0.15) is 10.3 Å². The normalized spacial score (nSPS) is 13.2. The number of hydrogen-bond donors (Lipinski definition) is 3. The zero-order valence-corrected chi connectivity index (χ0v) is 18.8. The van der Waals surface area contributed by atoms with Crippen molar-refractivity contribution in [3.05, 3.63) is 45.3 Å². The number of halogens is 4. The average Bonchev–Trinajstić information content (AvgIpc) is 3.02. The van der Waals surface area contributed by atoms with Crippen LogP contribution in [0.1, 0.15) is 34.6 Å². The summed E-state index contributed by atoms with van der Waals surface area (Å²) in [7, 11) is -4.38. The van der Waals surface area contributed by atoms with Crippen LogP contribution in [0.25, 0.3) is 0 Å². The van der Waals surface area contributed by atoms with Crippen LogP contribution >= 0.6 is 22.9 Å². The number of carboxylic acid groups (broad SMARTS) is 1. The van der Waals surface area contributed by atoms with E-state index in [9.17, 15) is 36.3 Å². The minimum absolute atomic E-state index is 0.0695. The topological polar surface area (TPSA) is 113 Å². The molecule has 1 aromatic carbocycles. The van der Waals surface area contributed by atoms with Crippen molar-refractivity contribution < 1.29 is 36.3 Å². The van der Waals surface area contributed by atoms with Crippen LogP contribution in [-0.4, -0.2) is 31.4 Å². The summed E-state index contributed by atoms with van der Waals surface area (Å²) in [6, 6.07) is 2.27. The Morgan fingerprint density at radius 3 is 2.32 bits per heavy atom. The maximum Gasteiger partial charge on any atom is 0.416 e. The van der Waals surface area contributed by atoms with Crippen LogP contribution in [0.2, 0.25) is 5.02 Å². The standard InChI is InChI=1S/C18H18ClF3N2O5S2/c1-8(2)14(16(26)27)23-15(25)13-6-9(3)17(30-13)31(28,29)24-12-7-10(18(20,21)22)4-5-11(12)19/h4-8,14,24H,1-3H3,(H,23,25)(H,26,27)/t14-/m1/s1. The summed E-state index contributed by atoms with van der Waals surface area (Å²) in [5, 5.41) is 11.3. The molecule has 0 bridgehead atoms. The summed E-state index contributed by atoms with van der Waals surface area (Å²) < 4.78 is 66.0. The third-order valence-corrected chi connectivity index (χ3v) is 7.66. The highest BCUT2D eigenvalue weighted by Crippen LogP contribution is 2.36. The monoisotopic (exact) mass is 498 g/mol. The maximum absolute atomic E-state index is 12.9. The molecule has 7 nitrogen and oxygen atoms in total. The number of alkyl halides is 3. The van der Waals surface area contributed by atoms with Crippen molar-refractivity contribution >= 4 is 50.5 Å². The van der Waals surface area contributed by atoms with Gasteiger partial charge in [-0.3, -0.25) is 9.52 Å². The highest BCUT2D eigenvalue weighted by atomic mass is 35.5. The molecule has 0 saturated carbocycles. The number of rotatable bonds is 7. The Morgan fingerprint density at radius 2 is 1.81 bits per heavy atom. The number of amides is 1. The van der Waals surface area contributed by atoms with Gasteiger partial charge in [-0.15, -0.1) is 11.3 Å². The number of aliphatic carboxylic acids is 1. The number of carboxylic acids is 1. The molecule has 31 heavy (non-hydrogen) atoms. The lowest BCUT2D eigenvalue weighted by atomic mass is 10.0. The number of carbonyl (C=O) groups is 2. The number of sulfonamides is 1. The zero-order chi connectivity index (χ0) is 23.7. The third kappa shape index (κ3) is 5.89. The van der Waals surface area contributed by atoms with Crippen molar-refractivity contribution in [3.8, 4) is 0 Å². The fourth-order valence-corrected chi connectivity index (χ4v) is 5.44. The van der Waals surface area contributed by atoms with Crippen LogP contribution in [0.3, 0.4) is 0 Å². The lowest BCUT2D eigenvalue weighted by Gasteiger charge is -2.17. The lowest BCUT2D eigenvalue weighted by Crippen LogP contribution is -2.44. The van der Waals surface area contributed by atoms with Gasteiger partial charge in [0.05, 0.1) is 21.2 Å². The van der Waals surface area contributed by atoms with Gasteiger partial charge in [0.25, 0.3) is 15.9 Å². The van der Waals surface area contributed by atoms with Crippen LogP contribution in [0.4, 0.5) is 18.9 Å². The molecule has 170 valence electrons. The molecular formula is C18H18ClF3N2O5S2. The molecule has 1 atom stereocenters. The zero-order valence-electron chi connectivity index (χ0n) is 16.4. The van der Waals surface area contributed by atoms with Crippen molar-refractivity contribution in [2.75, 3.05) is 4.72 Å². The van der Waals surface area contributed by atoms with Crippen LogP contribution in [0.5, 0.6) is 0 Å². The van der Waals surface area contributed by atoms with Crippen LogP contribution in [-0.2, 0) is 21.0 Å². The second-order valence-corrected chi connectivity index (χ2v) is 10.2. The Morgan fingerprint density at radius 1 is 1.19 bits per heavy atom. The molecule has 0 aliphatic carbocycles. The largest absolute Gasteiger partial charge is 0.480 e. The molecule has 3 N–H and O–H groups in total. The predicted molar refractivity (Wildman–Crippen MR) is 110 cm³/mol. The minimum Gasteiger partial charge on any atom is -0.480 e. The fourth-order valence-electron chi connectivity index (χ4n) is 2.54. The van der Waals surface area contributed by atoms with Gasteiger partial charge in [-0.25, -0.2) is 13.2 Å². The van der Waals surface area contributed by atoms with E-state index < -0.39 is 51.3 Å². The Kier molecular flexibility index (Phi) is 7.28. The first kappa shape index (κ1) is 25.0. The van der Waals surface area contributed by atoms with Crippen molar-refractivity contribution in [1.82, 2.24) is 5.32 Å². The highest BCUT2D eigenvalue weighted by molar-refractivity contribution is 7.94. The van der Waals surface area contributed by atoms with Crippen molar-refractivity contribution in [2.45, 2.75) is 37.2 Å². The van der Waals surface area contributed by atoms with E-state index in [1.165, 1.54) is 13.0 Å². The number of aryl methyl sites for hydroxylation is 1. The van der Waals surface area contributed by atoms with E-state index >= 15 is 0 Å². The molecule has 1 heterocycles. The van der Waals surface area contributed by atoms with Gasteiger partial charge in [0.15, 0.2) is 0 Å². The molecule has 2 aromatic rings. The number of nitrogens with one attached hydrogen (secondary N) is 2. The van der Waals surface area contributed by atoms with E-state index in [0.29, 0.717) is 23.5 Å². The molecule has 0 aliphatic rings. The number of carbonyl (C=O) groups excluding carboxylic acids is 1. The number of thiophene rings is 1. The van der Waals surface area contributed by atoms with Crippen LogP contribution in [0, 0.1) is 12.8 Å². The number of anilines is 1. The first-order valence-electron chi connectivity index (χ1n) is 8.67. The summed E-state index contributed by atoms with van der Waals surface area (Å²) in [5.74, 6) is -2.45. The SMILES string of the molecule is Cc1cc(C(=O)N[C@@H](C(=O)O)C(C)C)sc1S(=O)(=O)Nc1cc(C(F)(F)F)ccc1Cl. The molecule has 0 fully saturated rings. The Labute approximate surface area is 185 Å². The van der Waals surface area contributed by atoms with Crippen LogP contribution in [0.15, 0.2) is 28.5 Å². The van der Waals surface area contributed by atoms with Gasteiger partial charge >= 0.3 is 12.1 Å². The molecule has 0 unspecified atom stereocenters. The highest BCUT2D eigenvalue weighted by Gasteiger charge is 2.32. The van der Waals surface area contributed by atoms with Gasteiger partial charge < -0.3 is 10.4 Å². The van der Waals surface area contributed by atoms with Crippen molar-refractivity contribution in [1.29, 1.82) is 0 Å². The van der Waals surface area contributed by atoms with E-state index in [-0.39, 0.29) is 19.7 Å². The first-order chi connectivity index (χ1) is 14.1. The molecule has 0 radical (unpaired) electrons. The van der Waals surface area contributed by atoms with Crippen molar-refractivity contribution in [3.63, 3.8) is 0 Å². The molecule has 0 spiro atoms. The van der Waals surface area contributed by atoms with Gasteiger partial charge in [-0.2, -0.15) is 13.2 Å². The summed E-state index contributed by atoms with van der Waals surface area (Å²) in [6.07, 6.45) is -4.70. The van der Waals surface area contributed by atoms with E-state index in [1.54, 1.807) is 13.8 Å². The van der Waals surface area contributed by atoms with Gasteiger partial charge in [-0.1, -0.05) is 25.4 Å². The van der Waals surface area contributed by atoms with Gasteiger partial charge in [0.2, 0.25) is 0 Å². The molecule has 0 aliphatic heterocycles. The van der Waals surface area contributed by atoms with Gasteiger partial charge in [-0.05, 0) is 42.7 Å². The molecule has 13 heteroatoms. The molecular weight excluding hydrogens is 481 g/mol. The van der Waals surface area contributed by atoms with Crippen molar-refractivity contribution in [2.24, 2.45) is 5.92 Å². The summed E-state index contributed by atoms with van der Waals surface area (Å²) in [4.78, 5) is 23.6. The molecule has 1 amide bonds. The number of benzene rings is 1. The Hall–Kier alpha value is -2.31.